The van der Waals surface area contributed by atoms with Crippen molar-refractivity contribution in [3.05, 3.63) is 92.1 Å². The molecule has 270 valence electrons. The molecule has 4 unspecified atom stereocenters. The predicted octanol–water partition coefficient (Wildman–Crippen LogP) is 9.20. The fourth-order valence-corrected chi connectivity index (χ4v) is 6.88. The molecule has 0 aromatic heterocycles. The van der Waals surface area contributed by atoms with E-state index in [1.165, 1.54) is 29.7 Å². The molecule has 8 nitrogen and oxygen atoms in total. The van der Waals surface area contributed by atoms with Crippen molar-refractivity contribution in [2.75, 3.05) is 26.4 Å². The number of esters is 3. The van der Waals surface area contributed by atoms with Crippen LogP contribution in [0.15, 0.2) is 86.5 Å². The van der Waals surface area contributed by atoms with Gasteiger partial charge in [-0.3, -0.25) is 0 Å². The number of carbonyl (C=O) groups excluding carboxylic acids is 3. The van der Waals surface area contributed by atoms with Crippen molar-refractivity contribution in [3.8, 4) is 22.9 Å². The molecule has 0 spiro atoms. The average Bonchev–Trinajstić information content (AvgIpc) is 3.91. The van der Waals surface area contributed by atoms with Gasteiger partial charge >= 0.3 is 17.9 Å². The standard InChI is InChI=1S/C22H23NO3.C10H16.2C5H8O2/c1-2-22(24)26-16-6-4-3-5-15-25-21-13-11-20(12-14-21)19-9-7-18(17-23)8-10-19;1-2-9-7-4-5-8(6-7)10(9)3-1;2*1-3-5(6)7-4-2/h2,7-14H,1,3-6,15-16H2;7-10H,1-6H2;2*3H,1,4H2,2H3. The van der Waals surface area contributed by atoms with Crippen molar-refractivity contribution in [2.45, 2.75) is 78.1 Å². The van der Waals surface area contributed by atoms with Crippen molar-refractivity contribution in [1.82, 2.24) is 0 Å². The molecule has 0 amide bonds. The molecular weight excluding hydrogens is 630 g/mol. The molecule has 0 aliphatic heterocycles. The van der Waals surface area contributed by atoms with Gasteiger partial charge in [-0.1, -0.05) is 50.4 Å². The van der Waals surface area contributed by atoms with Crippen molar-refractivity contribution in [3.63, 3.8) is 0 Å². The predicted molar refractivity (Wildman–Crippen MR) is 197 cm³/mol. The lowest BCUT2D eigenvalue weighted by atomic mass is 9.82. The van der Waals surface area contributed by atoms with E-state index in [0.29, 0.717) is 32.0 Å². The van der Waals surface area contributed by atoms with Gasteiger partial charge in [0.05, 0.1) is 38.1 Å². The number of hydrogen-bond donors (Lipinski definition) is 0. The van der Waals surface area contributed by atoms with Crippen molar-refractivity contribution < 1.29 is 33.3 Å². The van der Waals surface area contributed by atoms with E-state index in [0.717, 1.165) is 54.7 Å². The van der Waals surface area contributed by atoms with E-state index in [1.54, 1.807) is 52.4 Å². The highest BCUT2D eigenvalue weighted by molar-refractivity contribution is 5.81. The minimum absolute atomic E-state index is 0.359. The van der Waals surface area contributed by atoms with E-state index in [4.69, 9.17) is 14.7 Å². The second-order valence-electron chi connectivity index (χ2n) is 12.4. The van der Waals surface area contributed by atoms with Crippen LogP contribution in [0.5, 0.6) is 5.75 Å². The third-order valence-corrected chi connectivity index (χ3v) is 9.18. The zero-order valence-corrected chi connectivity index (χ0v) is 30.0. The van der Waals surface area contributed by atoms with Crippen molar-refractivity contribution in [2.24, 2.45) is 23.7 Å². The van der Waals surface area contributed by atoms with Gasteiger partial charge < -0.3 is 18.9 Å². The minimum atomic E-state index is -0.363. The Morgan fingerprint density at radius 2 is 1.14 bits per heavy atom. The van der Waals surface area contributed by atoms with Gasteiger partial charge in [0.15, 0.2) is 0 Å². The zero-order chi connectivity index (χ0) is 36.6. The number of benzene rings is 2. The Morgan fingerprint density at radius 3 is 1.58 bits per heavy atom. The topological polar surface area (TPSA) is 112 Å². The second-order valence-corrected chi connectivity index (χ2v) is 12.4. The maximum atomic E-state index is 10.9. The first-order valence-corrected chi connectivity index (χ1v) is 17.9. The largest absolute Gasteiger partial charge is 0.494 e. The van der Waals surface area contributed by atoms with E-state index in [-0.39, 0.29) is 17.9 Å². The number of ether oxygens (including phenoxy) is 4. The van der Waals surface area contributed by atoms with Crippen LogP contribution < -0.4 is 4.74 Å². The number of hydrogen-bond acceptors (Lipinski definition) is 8. The van der Waals surface area contributed by atoms with Crippen LogP contribution in [0.4, 0.5) is 0 Å². The molecule has 0 N–H and O–H groups in total. The van der Waals surface area contributed by atoms with Crippen LogP contribution in [0.25, 0.3) is 11.1 Å². The first-order valence-electron chi connectivity index (χ1n) is 17.9. The van der Waals surface area contributed by atoms with Gasteiger partial charge in [-0.2, -0.15) is 5.26 Å². The third kappa shape index (κ3) is 15.3. The van der Waals surface area contributed by atoms with E-state index in [1.807, 2.05) is 48.5 Å². The van der Waals surface area contributed by atoms with Crippen LogP contribution in [0.1, 0.15) is 83.6 Å². The second kappa shape index (κ2) is 24.5. The first kappa shape index (κ1) is 41.5. The Bertz CT molecular complexity index is 1340. The van der Waals surface area contributed by atoms with Crippen molar-refractivity contribution in [1.29, 1.82) is 5.26 Å². The maximum Gasteiger partial charge on any atom is 0.330 e. The Balaban J connectivity index is 0.000000290. The molecule has 8 heteroatoms. The van der Waals surface area contributed by atoms with E-state index >= 15 is 0 Å². The summed E-state index contributed by atoms with van der Waals surface area (Å²) >= 11 is 0. The molecule has 0 saturated heterocycles. The molecule has 2 aromatic rings. The van der Waals surface area contributed by atoms with Gasteiger partial charge in [-0.05, 0) is 131 Å². The summed E-state index contributed by atoms with van der Waals surface area (Å²) in [5.74, 6) is 4.57. The highest BCUT2D eigenvalue weighted by Crippen LogP contribution is 2.58. The highest BCUT2D eigenvalue weighted by Gasteiger charge is 2.48. The molecule has 4 atom stereocenters. The van der Waals surface area contributed by atoms with Gasteiger partial charge in [0.25, 0.3) is 0 Å². The fraction of sp³-hybridized carbons (Fsp3) is 0.476. The molecule has 3 fully saturated rings. The summed E-state index contributed by atoms with van der Waals surface area (Å²) in [4.78, 5) is 31.0. The van der Waals surface area contributed by atoms with E-state index in [2.05, 4.69) is 35.3 Å². The Labute approximate surface area is 299 Å². The van der Waals surface area contributed by atoms with Crippen LogP contribution in [0, 0.1) is 35.0 Å². The number of nitrogens with zero attached hydrogens (tertiary/aromatic N) is 1. The molecule has 3 aliphatic rings. The molecule has 0 radical (unpaired) electrons. The fourth-order valence-electron chi connectivity index (χ4n) is 6.88. The Kier molecular flexibility index (Phi) is 20.3. The summed E-state index contributed by atoms with van der Waals surface area (Å²) in [5.41, 5.74) is 2.83. The number of fused-ring (bicyclic) bond motifs is 5. The van der Waals surface area contributed by atoms with E-state index in [9.17, 15) is 14.4 Å². The first-order chi connectivity index (χ1) is 24.3. The molecule has 50 heavy (non-hydrogen) atoms. The van der Waals surface area contributed by atoms with Crippen LogP contribution in [0.2, 0.25) is 0 Å². The molecule has 3 aliphatic carbocycles. The maximum absolute atomic E-state index is 10.9. The molecule has 2 bridgehead atoms. The van der Waals surface area contributed by atoms with Gasteiger partial charge in [0.2, 0.25) is 0 Å². The summed E-state index contributed by atoms with van der Waals surface area (Å²) < 4.78 is 19.5. The number of nitriles is 1. The summed E-state index contributed by atoms with van der Waals surface area (Å²) in [6.07, 6.45) is 16.9. The highest BCUT2D eigenvalue weighted by atomic mass is 16.5. The third-order valence-electron chi connectivity index (χ3n) is 9.18. The number of rotatable bonds is 14. The quantitative estimate of drug-likeness (QED) is 0.0838. The normalized spacial score (nSPS) is 18.8. The molecule has 0 heterocycles. The van der Waals surface area contributed by atoms with Crippen LogP contribution in [-0.2, 0) is 28.6 Å². The van der Waals surface area contributed by atoms with Gasteiger partial charge in [0, 0.05) is 18.2 Å². The summed E-state index contributed by atoms with van der Waals surface area (Å²) in [5, 5.41) is 8.84. The van der Waals surface area contributed by atoms with Crippen molar-refractivity contribution >= 4 is 17.9 Å². The summed E-state index contributed by atoms with van der Waals surface area (Å²) in [6.45, 7) is 15.2. The molecular formula is C42H55NO7. The lowest BCUT2D eigenvalue weighted by molar-refractivity contribution is -0.138. The van der Waals surface area contributed by atoms with Gasteiger partial charge in [-0.25, -0.2) is 14.4 Å². The monoisotopic (exact) mass is 685 g/mol. The average molecular weight is 686 g/mol. The number of unbranched alkanes of at least 4 members (excludes halogenated alkanes) is 3. The van der Waals surface area contributed by atoms with Gasteiger partial charge in [-0.15, -0.1) is 0 Å². The molecule has 2 aromatic carbocycles. The SMILES string of the molecule is C1CC2C3CCC(C3)C2C1.C=CC(=O)OCC.C=CC(=O)OCC.C=CC(=O)OCCCCCCOc1ccc(-c2ccc(C#N)cc2)cc1. The Hall–Kier alpha value is -4.64. The zero-order valence-electron chi connectivity index (χ0n) is 30.0. The van der Waals surface area contributed by atoms with Crippen LogP contribution in [0.3, 0.4) is 0 Å². The minimum Gasteiger partial charge on any atom is -0.494 e. The summed E-state index contributed by atoms with van der Waals surface area (Å²) in [6, 6.07) is 17.6. The lowest BCUT2D eigenvalue weighted by Crippen LogP contribution is -2.15. The lowest BCUT2D eigenvalue weighted by Gasteiger charge is -2.23. The molecule has 3 saturated carbocycles. The number of carbonyl (C=O) groups is 3. The molecule has 5 rings (SSSR count). The summed E-state index contributed by atoms with van der Waals surface area (Å²) in [7, 11) is 0. The van der Waals surface area contributed by atoms with Crippen LogP contribution >= 0.6 is 0 Å². The smallest absolute Gasteiger partial charge is 0.330 e. The van der Waals surface area contributed by atoms with Gasteiger partial charge in [0.1, 0.15) is 5.75 Å². The van der Waals surface area contributed by atoms with E-state index < -0.39 is 0 Å². The van der Waals surface area contributed by atoms with Crippen LogP contribution in [-0.4, -0.2) is 44.3 Å². The Morgan fingerprint density at radius 1 is 0.680 bits per heavy atom.